The number of rotatable bonds is 5. The van der Waals surface area contributed by atoms with Gasteiger partial charge >= 0.3 is 0 Å². The number of aromatic nitrogens is 4. The lowest BCUT2D eigenvalue weighted by Gasteiger charge is -2.41. The van der Waals surface area contributed by atoms with Crippen LogP contribution >= 0.6 is 0 Å². The van der Waals surface area contributed by atoms with E-state index in [4.69, 9.17) is 4.52 Å². The van der Waals surface area contributed by atoms with Crippen LogP contribution in [0.4, 0.5) is 0 Å². The molecule has 0 spiro atoms. The predicted molar refractivity (Wildman–Crippen MR) is 95.6 cm³/mol. The summed E-state index contributed by atoms with van der Waals surface area (Å²) in [6.07, 6.45) is 5.60. The average Bonchev–Trinajstić information content (AvgIpc) is 3.20. The minimum atomic E-state index is -0.165. The van der Waals surface area contributed by atoms with E-state index in [1.165, 1.54) is 12.8 Å². The van der Waals surface area contributed by atoms with Crippen LogP contribution in [0.25, 0.3) is 0 Å². The topological polar surface area (TPSA) is 77.0 Å². The van der Waals surface area contributed by atoms with Gasteiger partial charge in [0.05, 0.1) is 11.1 Å². The molecule has 1 saturated heterocycles. The van der Waals surface area contributed by atoms with Crippen molar-refractivity contribution in [3.8, 4) is 0 Å². The highest BCUT2D eigenvalue weighted by molar-refractivity contribution is 5.76. The van der Waals surface area contributed by atoms with E-state index in [9.17, 15) is 4.79 Å². The third-order valence-electron chi connectivity index (χ3n) is 5.70. The van der Waals surface area contributed by atoms with Crippen LogP contribution in [-0.2, 0) is 16.8 Å². The molecule has 0 N–H and O–H groups in total. The van der Waals surface area contributed by atoms with Crippen LogP contribution in [0.2, 0.25) is 0 Å². The molecule has 1 aliphatic heterocycles. The minimum Gasteiger partial charge on any atom is -0.340 e. The molecule has 4 rings (SSSR count). The van der Waals surface area contributed by atoms with Crippen molar-refractivity contribution in [2.24, 2.45) is 5.92 Å². The van der Waals surface area contributed by atoms with E-state index in [0.29, 0.717) is 19.0 Å². The van der Waals surface area contributed by atoms with E-state index < -0.39 is 0 Å². The van der Waals surface area contributed by atoms with Gasteiger partial charge in [0.1, 0.15) is 6.54 Å². The third-order valence-corrected chi connectivity index (χ3v) is 5.70. The molecular formula is C19H27N5O2. The number of hydrogen-bond donors (Lipinski definition) is 0. The first-order chi connectivity index (χ1) is 12.4. The molecule has 0 bridgehead atoms. The van der Waals surface area contributed by atoms with Gasteiger partial charge in [0.25, 0.3) is 0 Å². The maximum absolute atomic E-state index is 13.0. The molecule has 7 nitrogen and oxygen atoms in total. The zero-order valence-electron chi connectivity index (χ0n) is 15.9. The molecule has 0 aromatic carbocycles. The summed E-state index contributed by atoms with van der Waals surface area (Å²) in [5.74, 6) is 2.24. The zero-order chi connectivity index (χ0) is 18.3. The second kappa shape index (κ2) is 6.52. The quantitative estimate of drug-likeness (QED) is 0.822. The maximum atomic E-state index is 13.0. The predicted octanol–water partition coefficient (Wildman–Crippen LogP) is 2.55. The lowest BCUT2D eigenvalue weighted by Crippen LogP contribution is -2.50. The second-order valence-electron chi connectivity index (χ2n) is 8.07. The van der Waals surface area contributed by atoms with Gasteiger partial charge in [-0.05, 0) is 45.1 Å². The highest BCUT2D eigenvalue weighted by Crippen LogP contribution is 2.45. The fraction of sp³-hybridized carbons (Fsp3) is 0.684. The fourth-order valence-electron chi connectivity index (χ4n) is 4.24. The molecule has 2 fully saturated rings. The van der Waals surface area contributed by atoms with E-state index in [1.807, 2.05) is 31.7 Å². The largest absolute Gasteiger partial charge is 0.340 e. The Hall–Kier alpha value is -2.18. The Bertz CT molecular complexity index is 807. The van der Waals surface area contributed by atoms with Crippen LogP contribution in [0, 0.1) is 26.7 Å². The smallest absolute Gasteiger partial charge is 0.244 e. The average molecular weight is 357 g/mol. The van der Waals surface area contributed by atoms with Crippen LogP contribution < -0.4 is 0 Å². The van der Waals surface area contributed by atoms with Gasteiger partial charge in [0, 0.05) is 25.7 Å². The van der Waals surface area contributed by atoms with Crippen LogP contribution in [0.1, 0.15) is 55.2 Å². The van der Waals surface area contributed by atoms with Gasteiger partial charge in [-0.2, -0.15) is 10.1 Å². The molecule has 2 aliphatic rings. The van der Waals surface area contributed by atoms with E-state index in [0.717, 1.165) is 48.9 Å². The van der Waals surface area contributed by atoms with Gasteiger partial charge in [0.2, 0.25) is 11.8 Å². The SMILES string of the molecule is Cc1cc(C)n(CC(=O)N2CCCC(CC3CC3)(c3noc(C)n3)C2)n1. The third kappa shape index (κ3) is 3.39. The molecule has 1 amide bonds. The summed E-state index contributed by atoms with van der Waals surface area (Å²) in [5, 5.41) is 8.68. The summed E-state index contributed by atoms with van der Waals surface area (Å²) in [5.41, 5.74) is 1.80. The summed E-state index contributed by atoms with van der Waals surface area (Å²) in [4.78, 5) is 19.5. The number of nitrogens with zero attached hydrogens (tertiary/aromatic N) is 5. The first-order valence-corrected chi connectivity index (χ1v) is 9.55. The van der Waals surface area contributed by atoms with Crippen molar-refractivity contribution in [2.75, 3.05) is 13.1 Å². The van der Waals surface area contributed by atoms with E-state index in [2.05, 4.69) is 15.2 Å². The van der Waals surface area contributed by atoms with Crippen molar-refractivity contribution in [1.29, 1.82) is 0 Å². The van der Waals surface area contributed by atoms with Crippen LogP contribution in [-0.4, -0.2) is 43.8 Å². The minimum absolute atomic E-state index is 0.122. The van der Waals surface area contributed by atoms with Gasteiger partial charge in [-0.1, -0.05) is 18.0 Å². The Kier molecular flexibility index (Phi) is 4.32. The van der Waals surface area contributed by atoms with Gasteiger partial charge < -0.3 is 9.42 Å². The van der Waals surface area contributed by atoms with Crippen LogP contribution in [0.5, 0.6) is 0 Å². The summed E-state index contributed by atoms with van der Waals surface area (Å²) >= 11 is 0. The number of carbonyl (C=O) groups excluding carboxylic acids is 1. The fourth-order valence-corrected chi connectivity index (χ4v) is 4.24. The highest BCUT2D eigenvalue weighted by Gasteiger charge is 2.45. The molecule has 140 valence electrons. The monoisotopic (exact) mass is 357 g/mol. The van der Waals surface area contributed by atoms with Crippen LogP contribution in [0.3, 0.4) is 0 Å². The van der Waals surface area contributed by atoms with Crippen molar-refractivity contribution in [3.63, 3.8) is 0 Å². The zero-order valence-corrected chi connectivity index (χ0v) is 15.9. The van der Waals surface area contributed by atoms with E-state index in [-0.39, 0.29) is 11.3 Å². The molecule has 2 aromatic rings. The lowest BCUT2D eigenvalue weighted by molar-refractivity contribution is -0.134. The Morgan fingerprint density at radius 3 is 2.77 bits per heavy atom. The Balaban J connectivity index is 1.54. The Morgan fingerprint density at radius 2 is 2.15 bits per heavy atom. The number of carbonyl (C=O) groups is 1. The van der Waals surface area contributed by atoms with Gasteiger partial charge in [-0.3, -0.25) is 9.48 Å². The molecule has 1 atom stereocenters. The highest BCUT2D eigenvalue weighted by atomic mass is 16.5. The lowest BCUT2D eigenvalue weighted by atomic mass is 9.75. The molecule has 7 heteroatoms. The van der Waals surface area contributed by atoms with Gasteiger partial charge in [0.15, 0.2) is 5.82 Å². The Morgan fingerprint density at radius 1 is 1.35 bits per heavy atom. The van der Waals surface area contributed by atoms with Crippen molar-refractivity contribution < 1.29 is 9.32 Å². The number of aryl methyl sites for hydroxylation is 3. The normalized spacial score (nSPS) is 23.4. The van der Waals surface area contributed by atoms with Crippen molar-refractivity contribution in [2.45, 2.75) is 64.8 Å². The molecule has 2 aromatic heterocycles. The molecule has 0 radical (unpaired) electrons. The van der Waals surface area contributed by atoms with E-state index >= 15 is 0 Å². The number of hydrogen-bond acceptors (Lipinski definition) is 5. The summed E-state index contributed by atoms with van der Waals surface area (Å²) < 4.78 is 7.07. The number of likely N-dealkylation sites (tertiary alicyclic amines) is 1. The Labute approximate surface area is 153 Å². The van der Waals surface area contributed by atoms with E-state index in [1.54, 1.807) is 4.68 Å². The molecular weight excluding hydrogens is 330 g/mol. The standard InChI is InChI=1S/C19H27N5O2/c1-13-9-14(2)24(21-13)11-17(25)23-8-4-7-19(12-23,10-16-5-6-16)18-20-15(3)26-22-18/h9,16H,4-8,10-12H2,1-3H3. The number of piperidine rings is 1. The van der Waals surface area contributed by atoms with Gasteiger partial charge in [-0.25, -0.2) is 0 Å². The first kappa shape index (κ1) is 17.2. The molecule has 1 saturated carbocycles. The first-order valence-electron chi connectivity index (χ1n) is 9.55. The molecule has 26 heavy (non-hydrogen) atoms. The summed E-state index contributed by atoms with van der Waals surface area (Å²) in [6, 6.07) is 2.00. The molecule has 1 unspecified atom stereocenters. The van der Waals surface area contributed by atoms with Crippen LogP contribution in [0.15, 0.2) is 10.6 Å². The molecule has 1 aliphatic carbocycles. The summed E-state index contributed by atoms with van der Waals surface area (Å²) in [6.45, 7) is 7.54. The number of amides is 1. The second-order valence-corrected chi connectivity index (χ2v) is 8.07. The van der Waals surface area contributed by atoms with Gasteiger partial charge in [-0.15, -0.1) is 0 Å². The van der Waals surface area contributed by atoms with Crippen molar-refractivity contribution >= 4 is 5.91 Å². The van der Waals surface area contributed by atoms with Crippen molar-refractivity contribution in [1.82, 2.24) is 24.8 Å². The summed E-state index contributed by atoms with van der Waals surface area (Å²) in [7, 11) is 0. The maximum Gasteiger partial charge on any atom is 0.244 e. The molecule has 3 heterocycles. The van der Waals surface area contributed by atoms with Crippen molar-refractivity contribution in [3.05, 3.63) is 29.2 Å².